The smallest absolute Gasteiger partial charge is 0.387 e. The van der Waals surface area contributed by atoms with Crippen molar-refractivity contribution in [3.8, 4) is 5.75 Å². The van der Waals surface area contributed by atoms with Gasteiger partial charge in [0.1, 0.15) is 17.4 Å². The van der Waals surface area contributed by atoms with Crippen LogP contribution in [0, 0.1) is 11.6 Å². The first kappa shape index (κ1) is 23.0. The van der Waals surface area contributed by atoms with Crippen LogP contribution in [0.25, 0.3) is 0 Å². The summed E-state index contributed by atoms with van der Waals surface area (Å²) < 4.78 is 56.7. The molecule has 0 amide bonds. The highest BCUT2D eigenvalue weighted by Crippen LogP contribution is 2.23. The summed E-state index contributed by atoms with van der Waals surface area (Å²) in [6, 6.07) is 10.1. The summed E-state index contributed by atoms with van der Waals surface area (Å²) in [5.74, 6) is -0.878. The Morgan fingerprint density at radius 2 is 1.74 bits per heavy atom. The summed E-state index contributed by atoms with van der Waals surface area (Å²) in [5, 5.41) is 5.78. The van der Waals surface area contributed by atoms with Crippen LogP contribution in [0.5, 0.6) is 5.75 Å². The van der Waals surface area contributed by atoms with Gasteiger partial charge in [-0.3, -0.25) is 4.99 Å². The summed E-state index contributed by atoms with van der Waals surface area (Å²) in [5.41, 5.74) is 0.516. The Hall–Kier alpha value is -2.04. The van der Waals surface area contributed by atoms with Crippen LogP contribution in [-0.2, 0) is 13.0 Å². The number of hydrogen-bond donors (Lipinski definition) is 2. The summed E-state index contributed by atoms with van der Waals surface area (Å²) in [4.78, 5) is 3.97. The van der Waals surface area contributed by atoms with Gasteiger partial charge in [0.25, 0.3) is 0 Å². The van der Waals surface area contributed by atoms with Crippen LogP contribution in [0.3, 0.4) is 0 Å². The maximum absolute atomic E-state index is 13.9. The minimum absolute atomic E-state index is 0. The van der Waals surface area contributed by atoms with Crippen molar-refractivity contribution in [3.05, 3.63) is 65.2 Å². The van der Waals surface area contributed by atoms with Gasteiger partial charge in [-0.1, -0.05) is 24.3 Å². The van der Waals surface area contributed by atoms with E-state index in [0.717, 1.165) is 6.07 Å². The third-order valence-corrected chi connectivity index (χ3v) is 3.59. The lowest BCUT2D eigenvalue weighted by molar-refractivity contribution is -0.0506. The highest BCUT2D eigenvalue weighted by Gasteiger charge is 2.14. The van der Waals surface area contributed by atoms with Crippen molar-refractivity contribution in [1.29, 1.82) is 0 Å². The van der Waals surface area contributed by atoms with Gasteiger partial charge in [-0.05, 0) is 30.2 Å². The van der Waals surface area contributed by atoms with Crippen LogP contribution in [0.15, 0.2) is 47.5 Å². The van der Waals surface area contributed by atoms with Crippen molar-refractivity contribution in [1.82, 2.24) is 10.6 Å². The Labute approximate surface area is 172 Å². The molecule has 148 valence electrons. The van der Waals surface area contributed by atoms with Crippen LogP contribution >= 0.6 is 24.0 Å². The monoisotopic (exact) mass is 497 g/mol. The number of aliphatic imine (C=N–C) groups is 1. The summed E-state index contributed by atoms with van der Waals surface area (Å²) in [6.07, 6.45) is 0.423. The fraction of sp³-hybridized carbons (Fsp3) is 0.278. The van der Waals surface area contributed by atoms with Crippen molar-refractivity contribution in [2.75, 3.05) is 13.6 Å². The van der Waals surface area contributed by atoms with Crippen molar-refractivity contribution < 1.29 is 22.3 Å². The van der Waals surface area contributed by atoms with Crippen molar-refractivity contribution >= 4 is 29.9 Å². The quantitative estimate of drug-likeness (QED) is 0.262. The SMILES string of the molecule is CN=C(NCCc1ccccc1F)NCc1c(F)cccc1OC(F)F.I. The molecule has 0 saturated heterocycles. The topological polar surface area (TPSA) is 45.7 Å². The van der Waals surface area contributed by atoms with Crippen LogP contribution < -0.4 is 15.4 Å². The van der Waals surface area contributed by atoms with Gasteiger partial charge in [-0.15, -0.1) is 24.0 Å². The normalized spacial score (nSPS) is 11.1. The van der Waals surface area contributed by atoms with Crippen LogP contribution in [-0.4, -0.2) is 26.2 Å². The second kappa shape index (κ2) is 11.6. The molecule has 0 aliphatic carbocycles. The fourth-order valence-electron chi connectivity index (χ4n) is 2.33. The summed E-state index contributed by atoms with van der Waals surface area (Å²) >= 11 is 0. The second-order valence-electron chi connectivity index (χ2n) is 5.29. The Bertz CT molecular complexity index is 759. The van der Waals surface area contributed by atoms with E-state index in [1.54, 1.807) is 18.2 Å². The zero-order chi connectivity index (χ0) is 18.9. The highest BCUT2D eigenvalue weighted by atomic mass is 127. The van der Waals surface area contributed by atoms with Crippen molar-refractivity contribution in [3.63, 3.8) is 0 Å². The molecule has 0 spiro atoms. The van der Waals surface area contributed by atoms with E-state index in [2.05, 4.69) is 20.4 Å². The van der Waals surface area contributed by atoms with Gasteiger partial charge in [-0.25, -0.2) is 8.78 Å². The largest absolute Gasteiger partial charge is 0.434 e. The number of nitrogens with one attached hydrogen (secondary N) is 2. The molecular formula is C18H20F4IN3O. The number of alkyl halides is 2. The molecule has 9 heteroatoms. The van der Waals surface area contributed by atoms with Gasteiger partial charge in [0.05, 0.1) is 0 Å². The number of nitrogens with zero attached hydrogens (tertiary/aromatic N) is 1. The molecule has 0 radical (unpaired) electrons. The number of guanidine groups is 1. The van der Waals surface area contributed by atoms with E-state index in [-0.39, 0.29) is 47.7 Å². The Balaban J connectivity index is 0.00000364. The molecule has 0 unspecified atom stereocenters. The van der Waals surface area contributed by atoms with Gasteiger partial charge in [0.15, 0.2) is 5.96 Å². The molecular weight excluding hydrogens is 477 g/mol. The molecule has 2 rings (SSSR count). The van der Waals surface area contributed by atoms with Gasteiger partial charge in [-0.2, -0.15) is 8.78 Å². The molecule has 0 atom stereocenters. The number of halogens is 5. The molecule has 4 nitrogen and oxygen atoms in total. The Morgan fingerprint density at radius 3 is 2.41 bits per heavy atom. The summed E-state index contributed by atoms with van der Waals surface area (Å²) in [7, 11) is 1.51. The average Bonchev–Trinajstić information content (AvgIpc) is 2.60. The first-order chi connectivity index (χ1) is 12.5. The maximum Gasteiger partial charge on any atom is 0.387 e. The van der Waals surface area contributed by atoms with E-state index in [1.165, 1.54) is 25.2 Å². The lowest BCUT2D eigenvalue weighted by Crippen LogP contribution is -2.38. The molecule has 0 bridgehead atoms. The molecule has 0 aromatic heterocycles. The highest BCUT2D eigenvalue weighted by molar-refractivity contribution is 14.0. The van der Waals surface area contributed by atoms with E-state index in [0.29, 0.717) is 24.5 Å². The van der Waals surface area contributed by atoms with Gasteiger partial charge >= 0.3 is 6.61 Å². The van der Waals surface area contributed by atoms with Crippen LogP contribution in [0.2, 0.25) is 0 Å². The van der Waals surface area contributed by atoms with Crippen LogP contribution in [0.1, 0.15) is 11.1 Å². The van der Waals surface area contributed by atoms with E-state index in [1.807, 2.05) is 0 Å². The van der Waals surface area contributed by atoms with E-state index in [9.17, 15) is 17.6 Å². The van der Waals surface area contributed by atoms with Gasteiger partial charge in [0.2, 0.25) is 0 Å². The predicted octanol–water partition coefficient (Wildman–Crippen LogP) is 4.09. The molecule has 0 saturated carbocycles. The minimum Gasteiger partial charge on any atom is -0.434 e. The van der Waals surface area contributed by atoms with E-state index in [4.69, 9.17) is 0 Å². The average molecular weight is 497 g/mol. The standard InChI is InChI=1S/C18H19F4N3O.HI/c1-23-18(24-10-9-12-5-2-3-6-14(12)19)25-11-13-15(20)7-4-8-16(13)26-17(21)22;/h2-8,17H,9-11H2,1H3,(H2,23,24,25);1H. The maximum atomic E-state index is 13.9. The Kier molecular flexibility index (Phi) is 9.90. The third-order valence-electron chi connectivity index (χ3n) is 3.59. The fourth-order valence-corrected chi connectivity index (χ4v) is 2.33. The molecule has 2 aromatic carbocycles. The molecule has 0 aliphatic heterocycles. The number of rotatable bonds is 7. The van der Waals surface area contributed by atoms with Crippen molar-refractivity contribution in [2.24, 2.45) is 4.99 Å². The van der Waals surface area contributed by atoms with Crippen LogP contribution in [0.4, 0.5) is 17.6 Å². The molecule has 2 aromatic rings. The number of ether oxygens (including phenoxy) is 1. The molecule has 0 fully saturated rings. The van der Waals surface area contributed by atoms with Gasteiger partial charge in [0, 0.05) is 25.7 Å². The number of hydrogen-bond acceptors (Lipinski definition) is 2. The predicted molar refractivity (Wildman–Crippen MR) is 107 cm³/mol. The molecule has 0 heterocycles. The lowest BCUT2D eigenvalue weighted by Gasteiger charge is -2.15. The second-order valence-corrected chi connectivity index (χ2v) is 5.29. The van der Waals surface area contributed by atoms with Crippen molar-refractivity contribution in [2.45, 2.75) is 19.6 Å². The van der Waals surface area contributed by atoms with Gasteiger partial charge < -0.3 is 15.4 Å². The number of benzene rings is 2. The first-order valence-corrected chi connectivity index (χ1v) is 7.91. The zero-order valence-corrected chi connectivity index (χ0v) is 16.8. The Morgan fingerprint density at radius 1 is 1.04 bits per heavy atom. The first-order valence-electron chi connectivity index (χ1n) is 7.91. The molecule has 0 aliphatic rings. The third kappa shape index (κ3) is 7.24. The van der Waals surface area contributed by atoms with E-state index < -0.39 is 12.4 Å². The lowest BCUT2D eigenvalue weighted by atomic mass is 10.1. The minimum atomic E-state index is -3.05. The molecule has 27 heavy (non-hydrogen) atoms. The molecule has 2 N–H and O–H groups in total. The summed E-state index contributed by atoms with van der Waals surface area (Å²) in [6.45, 7) is -2.76. The van der Waals surface area contributed by atoms with E-state index >= 15 is 0 Å². The zero-order valence-electron chi connectivity index (χ0n) is 14.5.